The summed E-state index contributed by atoms with van der Waals surface area (Å²) in [6.07, 6.45) is 1.61. The number of carbonyl (C=O) groups excluding carboxylic acids is 1. The van der Waals surface area contributed by atoms with Crippen LogP contribution in [0.3, 0.4) is 0 Å². The molecule has 0 aliphatic rings. The summed E-state index contributed by atoms with van der Waals surface area (Å²) in [5.41, 5.74) is -0.680. The first kappa shape index (κ1) is 18.7. The van der Waals surface area contributed by atoms with Crippen LogP contribution in [0.5, 0.6) is 0 Å². The van der Waals surface area contributed by atoms with Crippen LogP contribution in [0.4, 0.5) is 0 Å². The summed E-state index contributed by atoms with van der Waals surface area (Å²) in [6, 6.07) is 9.38. The average molecular weight is 345 g/mol. The smallest absolute Gasteiger partial charge is 0.337 e. The van der Waals surface area contributed by atoms with Gasteiger partial charge < -0.3 is 15.5 Å². The fourth-order valence-electron chi connectivity index (χ4n) is 2.23. The lowest BCUT2D eigenvalue weighted by molar-refractivity contribution is -0.155. The minimum absolute atomic E-state index is 0.345. The summed E-state index contributed by atoms with van der Waals surface area (Å²) in [6.45, 7) is 6.55. The molecule has 0 radical (unpaired) electrons. The first-order valence-electron chi connectivity index (χ1n) is 7.92. The summed E-state index contributed by atoms with van der Waals surface area (Å²) in [5.74, 6) is -1.88. The first-order valence-corrected chi connectivity index (χ1v) is 7.92. The molecule has 0 saturated heterocycles. The monoisotopic (exact) mass is 345 g/mol. The second-order valence-electron chi connectivity index (χ2n) is 7.18. The van der Waals surface area contributed by atoms with Gasteiger partial charge in [0.25, 0.3) is 5.91 Å². The van der Waals surface area contributed by atoms with Crippen molar-refractivity contribution in [2.45, 2.75) is 38.7 Å². The Kier molecular flexibility index (Phi) is 4.99. The number of hydrogen-bond acceptors (Lipinski definition) is 4. The molecule has 0 aliphatic heterocycles. The Hall–Kier alpha value is -2.67. The Morgan fingerprint density at radius 3 is 2.28 bits per heavy atom. The Bertz CT molecular complexity index is 773. The molecule has 1 amide bonds. The Balaban J connectivity index is 2.34. The molecule has 134 valence electrons. The number of carbonyl (C=O) groups is 2. The molecule has 25 heavy (non-hydrogen) atoms. The third kappa shape index (κ3) is 4.24. The van der Waals surface area contributed by atoms with E-state index in [2.05, 4.69) is 10.4 Å². The van der Waals surface area contributed by atoms with Crippen molar-refractivity contribution in [1.82, 2.24) is 15.1 Å². The standard InChI is InChI=1S/C18H23N3O4/c1-17(2,3)14-13(15(22)19-11-18(4,25)16(23)24)10-21(20-14)12-8-6-5-7-9-12/h5-10,25H,11H2,1-4H3,(H,19,22)(H,23,24). The molecule has 3 N–H and O–H groups in total. The number of amides is 1. The lowest BCUT2D eigenvalue weighted by Gasteiger charge is -2.20. The van der Waals surface area contributed by atoms with E-state index in [9.17, 15) is 14.7 Å². The van der Waals surface area contributed by atoms with Crippen LogP contribution < -0.4 is 5.32 Å². The van der Waals surface area contributed by atoms with Gasteiger partial charge in [-0.1, -0.05) is 39.0 Å². The number of carboxylic acids is 1. The molecular weight excluding hydrogens is 322 g/mol. The number of hydrogen-bond donors (Lipinski definition) is 3. The van der Waals surface area contributed by atoms with Crippen LogP contribution in [0.2, 0.25) is 0 Å². The molecule has 2 rings (SSSR count). The fourth-order valence-corrected chi connectivity index (χ4v) is 2.23. The lowest BCUT2D eigenvalue weighted by atomic mass is 9.89. The number of nitrogens with zero attached hydrogens (tertiary/aromatic N) is 2. The average Bonchev–Trinajstić information content (AvgIpc) is 2.99. The molecule has 1 aromatic carbocycles. The fraction of sp³-hybridized carbons (Fsp3) is 0.389. The number of para-hydroxylation sites is 1. The van der Waals surface area contributed by atoms with Gasteiger partial charge in [0.1, 0.15) is 0 Å². The summed E-state index contributed by atoms with van der Waals surface area (Å²) < 4.78 is 1.62. The van der Waals surface area contributed by atoms with Crippen molar-refractivity contribution in [3.05, 3.63) is 47.8 Å². The second kappa shape index (κ2) is 6.68. The van der Waals surface area contributed by atoms with E-state index in [1.54, 1.807) is 10.9 Å². The highest BCUT2D eigenvalue weighted by Crippen LogP contribution is 2.25. The highest BCUT2D eigenvalue weighted by atomic mass is 16.4. The van der Waals surface area contributed by atoms with Gasteiger partial charge in [0.15, 0.2) is 5.60 Å². The topological polar surface area (TPSA) is 104 Å². The molecule has 0 aliphatic carbocycles. The molecule has 7 nitrogen and oxygen atoms in total. The number of carboxylic acid groups (broad SMARTS) is 1. The molecule has 0 fully saturated rings. The van der Waals surface area contributed by atoms with Crippen LogP contribution in [0.15, 0.2) is 36.5 Å². The van der Waals surface area contributed by atoms with Crippen molar-refractivity contribution in [2.24, 2.45) is 0 Å². The molecular formula is C18H23N3O4. The normalized spacial score (nSPS) is 14.0. The van der Waals surface area contributed by atoms with Gasteiger partial charge >= 0.3 is 5.97 Å². The van der Waals surface area contributed by atoms with Crippen molar-refractivity contribution in [3.8, 4) is 5.69 Å². The van der Waals surface area contributed by atoms with E-state index < -0.39 is 24.0 Å². The quantitative estimate of drug-likeness (QED) is 0.765. The molecule has 1 atom stereocenters. The maximum atomic E-state index is 12.6. The Morgan fingerprint density at radius 2 is 1.76 bits per heavy atom. The van der Waals surface area contributed by atoms with Crippen LogP contribution in [0.1, 0.15) is 43.7 Å². The molecule has 1 heterocycles. The number of benzene rings is 1. The zero-order chi connectivity index (χ0) is 18.8. The number of aliphatic hydroxyl groups is 1. The Labute approximate surface area is 146 Å². The highest BCUT2D eigenvalue weighted by Gasteiger charge is 2.32. The van der Waals surface area contributed by atoms with Gasteiger partial charge in [-0.05, 0) is 19.1 Å². The molecule has 7 heteroatoms. The maximum Gasteiger partial charge on any atom is 0.337 e. The van der Waals surface area contributed by atoms with E-state index in [-0.39, 0.29) is 5.41 Å². The van der Waals surface area contributed by atoms with E-state index >= 15 is 0 Å². The Morgan fingerprint density at radius 1 is 1.16 bits per heavy atom. The second-order valence-corrected chi connectivity index (χ2v) is 7.18. The molecule has 1 aromatic heterocycles. The molecule has 0 spiro atoms. The van der Waals surface area contributed by atoms with E-state index in [1.807, 2.05) is 51.1 Å². The highest BCUT2D eigenvalue weighted by molar-refractivity contribution is 5.96. The molecule has 1 unspecified atom stereocenters. The minimum atomic E-state index is -2.03. The summed E-state index contributed by atoms with van der Waals surface area (Å²) in [7, 11) is 0. The van der Waals surface area contributed by atoms with E-state index in [4.69, 9.17) is 5.11 Å². The first-order chi connectivity index (χ1) is 11.5. The van der Waals surface area contributed by atoms with Crippen LogP contribution in [-0.4, -0.2) is 44.0 Å². The predicted molar refractivity (Wildman–Crippen MR) is 92.9 cm³/mol. The van der Waals surface area contributed by atoms with Crippen LogP contribution in [-0.2, 0) is 10.2 Å². The van der Waals surface area contributed by atoms with Crippen molar-refractivity contribution in [1.29, 1.82) is 0 Å². The molecule has 2 aromatic rings. The van der Waals surface area contributed by atoms with Gasteiger partial charge in [-0.25, -0.2) is 9.48 Å². The van der Waals surface area contributed by atoms with Crippen molar-refractivity contribution in [2.75, 3.05) is 6.54 Å². The predicted octanol–water partition coefficient (Wildman–Crippen LogP) is 1.74. The third-order valence-corrected chi connectivity index (χ3v) is 3.74. The molecule has 0 saturated carbocycles. The van der Waals surface area contributed by atoms with Gasteiger partial charge in [0, 0.05) is 11.6 Å². The minimum Gasteiger partial charge on any atom is -0.479 e. The van der Waals surface area contributed by atoms with Gasteiger partial charge in [0.05, 0.1) is 23.5 Å². The van der Waals surface area contributed by atoms with E-state index in [0.29, 0.717) is 11.3 Å². The largest absolute Gasteiger partial charge is 0.479 e. The lowest BCUT2D eigenvalue weighted by Crippen LogP contribution is -2.46. The molecule has 0 bridgehead atoms. The van der Waals surface area contributed by atoms with Crippen LogP contribution in [0, 0.1) is 0 Å². The van der Waals surface area contributed by atoms with Crippen molar-refractivity contribution >= 4 is 11.9 Å². The van der Waals surface area contributed by atoms with Gasteiger partial charge in [-0.2, -0.15) is 5.10 Å². The van der Waals surface area contributed by atoms with E-state index in [0.717, 1.165) is 12.6 Å². The number of aliphatic carboxylic acids is 1. The van der Waals surface area contributed by atoms with Crippen molar-refractivity contribution < 1.29 is 19.8 Å². The maximum absolute atomic E-state index is 12.6. The van der Waals surface area contributed by atoms with Gasteiger partial charge in [-0.15, -0.1) is 0 Å². The summed E-state index contributed by atoms with van der Waals surface area (Å²) >= 11 is 0. The van der Waals surface area contributed by atoms with Crippen molar-refractivity contribution in [3.63, 3.8) is 0 Å². The number of aromatic nitrogens is 2. The number of nitrogens with one attached hydrogen (secondary N) is 1. The third-order valence-electron chi connectivity index (χ3n) is 3.74. The summed E-state index contributed by atoms with van der Waals surface area (Å²) in [4.78, 5) is 23.5. The zero-order valence-electron chi connectivity index (χ0n) is 14.8. The number of rotatable bonds is 5. The van der Waals surface area contributed by atoms with Crippen LogP contribution >= 0.6 is 0 Å². The SMILES string of the molecule is CC(O)(CNC(=O)c1cn(-c2ccccc2)nc1C(C)(C)C)C(=O)O. The van der Waals surface area contributed by atoms with Gasteiger partial charge in [-0.3, -0.25) is 4.79 Å². The van der Waals surface area contributed by atoms with E-state index in [1.165, 1.54) is 0 Å². The zero-order valence-corrected chi connectivity index (χ0v) is 14.8. The summed E-state index contributed by atoms with van der Waals surface area (Å²) in [5, 5.41) is 25.7. The van der Waals surface area contributed by atoms with Gasteiger partial charge in [0.2, 0.25) is 0 Å². The van der Waals surface area contributed by atoms with Crippen LogP contribution in [0.25, 0.3) is 5.69 Å².